The number of nitrogens with two attached hydrogens (primary N) is 1. The Morgan fingerprint density at radius 2 is 2.50 bits per heavy atom. The molecular weight excluding hydrogens is 190 g/mol. The number of aromatic nitrogens is 2. The minimum atomic E-state index is -1.24. The van der Waals surface area contributed by atoms with E-state index >= 15 is 0 Å². The van der Waals surface area contributed by atoms with Crippen molar-refractivity contribution in [3.63, 3.8) is 0 Å². The van der Waals surface area contributed by atoms with E-state index in [1.807, 2.05) is 0 Å². The SMILES string of the molecule is COCCC(N)c1nc(C(=O)O)no1. The van der Waals surface area contributed by atoms with Gasteiger partial charge in [0.2, 0.25) is 5.89 Å². The quantitative estimate of drug-likeness (QED) is 0.678. The van der Waals surface area contributed by atoms with Crippen LogP contribution in [0.5, 0.6) is 0 Å². The number of hydrogen-bond acceptors (Lipinski definition) is 6. The number of rotatable bonds is 5. The molecule has 3 N–H and O–H groups in total. The molecule has 1 aromatic rings. The molecule has 1 atom stereocenters. The molecule has 14 heavy (non-hydrogen) atoms. The van der Waals surface area contributed by atoms with Crippen LogP contribution < -0.4 is 5.73 Å². The normalized spacial score (nSPS) is 12.7. The second kappa shape index (κ2) is 4.68. The van der Waals surface area contributed by atoms with Crippen LogP contribution in [0.4, 0.5) is 0 Å². The van der Waals surface area contributed by atoms with Gasteiger partial charge in [0, 0.05) is 13.7 Å². The smallest absolute Gasteiger partial charge is 0.377 e. The van der Waals surface area contributed by atoms with Crippen molar-refractivity contribution in [1.82, 2.24) is 10.1 Å². The number of carbonyl (C=O) groups is 1. The van der Waals surface area contributed by atoms with Gasteiger partial charge >= 0.3 is 5.97 Å². The maximum Gasteiger partial charge on any atom is 0.377 e. The van der Waals surface area contributed by atoms with Crippen molar-refractivity contribution in [1.29, 1.82) is 0 Å². The molecule has 78 valence electrons. The maximum absolute atomic E-state index is 10.4. The third-order valence-corrected chi connectivity index (χ3v) is 1.58. The Labute approximate surface area is 79.9 Å². The molecule has 0 bridgehead atoms. The lowest BCUT2D eigenvalue weighted by atomic mass is 10.2. The molecule has 0 aromatic carbocycles. The van der Waals surface area contributed by atoms with Gasteiger partial charge in [-0.1, -0.05) is 0 Å². The summed E-state index contributed by atoms with van der Waals surface area (Å²) in [5.41, 5.74) is 5.63. The fraction of sp³-hybridized carbons (Fsp3) is 0.571. The molecule has 0 saturated carbocycles. The summed E-state index contributed by atoms with van der Waals surface area (Å²) in [4.78, 5) is 14.0. The van der Waals surface area contributed by atoms with Gasteiger partial charge in [0.05, 0.1) is 6.04 Å². The number of methoxy groups -OCH3 is 1. The van der Waals surface area contributed by atoms with Gasteiger partial charge in [0.1, 0.15) is 0 Å². The molecule has 7 heteroatoms. The number of hydrogen-bond donors (Lipinski definition) is 2. The summed E-state index contributed by atoms with van der Waals surface area (Å²) in [6.07, 6.45) is 0.498. The maximum atomic E-state index is 10.4. The van der Waals surface area contributed by atoms with E-state index in [2.05, 4.69) is 14.7 Å². The zero-order chi connectivity index (χ0) is 10.6. The van der Waals surface area contributed by atoms with Gasteiger partial charge in [0.25, 0.3) is 5.82 Å². The minimum absolute atomic E-state index is 0.111. The zero-order valence-corrected chi connectivity index (χ0v) is 7.64. The van der Waals surface area contributed by atoms with Crippen molar-refractivity contribution >= 4 is 5.97 Å². The Kier molecular flexibility index (Phi) is 3.55. The Bertz CT molecular complexity index is 312. The van der Waals surface area contributed by atoms with E-state index in [1.165, 1.54) is 0 Å². The molecule has 0 aliphatic rings. The Morgan fingerprint density at radius 3 is 3.00 bits per heavy atom. The summed E-state index contributed by atoms with van der Waals surface area (Å²) >= 11 is 0. The van der Waals surface area contributed by atoms with Gasteiger partial charge in [-0.2, -0.15) is 4.98 Å². The van der Waals surface area contributed by atoms with Gasteiger partial charge in [-0.15, -0.1) is 0 Å². The molecule has 0 aliphatic carbocycles. The lowest BCUT2D eigenvalue weighted by Crippen LogP contribution is -2.13. The first kappa shape index (κ1) is 10.6. The zero-order valence-electron chi connectivity index (χ0n) is 7.64. The molecule has 0 amide bonds. The first-order valence-corrected chi connectivity index (χ1v) is 3.96. The van der Waals surface area contributed by atoms with Crippen LogP contribution in [0.1, 0.15) is 29.0 Å². The molecule has 0 radical (unpaired) electrons. The lowest BCUT2D eigenvalue weighted by molar-refractivity contribution is 0.0680. The van der Waals surface area contributed by atoms with Crippen LogP contribution in [0, 0.1) is 0 Å². The van der Waals surface area contributed by atoms with Crippen LogP contribution in [0.15, 0.2) is 4.52 Å². The van der Waals surface area contributed by atoms with Crippen molar-refractivity contribution in [2.75, 3.05) is 13.7 Å². The van der Waals surface area contributed by atoms with Gasteiger partial charge in [0.15, 0.2) is 0 Å². The number of nitrogens with zero attached hydrogens (tertiary/aromatic N) is 2. The molecule has 1 aromatic heterocycles. The number of ether oxygens (including phenoxy) is 1. The van der Waals surface area contributed by atoms with Crippen molar-refractivity contribution in [3.8, 4) is 0 Å². The summed E-state index contributed by atoms with van der Waals surface area (Å²) in [5.74, 6) is -1.51. The predicted molar refractivity (Wildman–Crippen MR) is 44.7 cm³/mol. The summed E-state index contributed by atoms with van der Waals surface area (Å²) in [7, 11) is 1.54. The molecule has 7 nitrogen and oxygen atoms in total. The standard InChI is InChI=1S/C7H11N3O4/c1-13-3-2-4(8)6-9-5(7(11)12)10-14-6/h4H,2-3,8H2,1H3,(H,11,12). The molecule has 0 spiro atoms. The molecule has 1 heterocycles. The van der Waals surface area contributed by atoms with Gasteiger partial charge < -0.3 is 20.1 Å². The molecule has 0 aliphatic heterocycles. The van der Waals surface area contributed by atoms with Crippen LogP contribution in [-0.2, 0) is 4.74 Å². The second-order valence-corrected chi connectivity index (χ2v) is 2.65. The van der Waals surface area contributed by atoms with Crippen molar-refractivity contribution in [3.05, 3.63) is 11.7 Å². The predicted octanol–water partition coefficient (Wildman–Crippen LogP) is -0.196. The highest BCUT2D eigenvalue weighted by Gasteiger charge is 2.17. The Hall–Kier alpha value is -1.47. The van der Waals surface area contributed by atoms with E-state index in [4.69, 9.17) is 15.6 Å². The topological polar surface area (TPSA) is 111 Å². The third-order valence-electron chi connectivity index (χ3n) is 1.58. The van der Waals surface area contributed by atoms with Crippen molar-refractivity contribution in [2.45, 2.75) is 12.5 Å². The average Bonchev–Trinajstić information content (AvgIpc) is 2.62. The number of aromatic carboxylic acids is 1. The Balaban J connectivity index is 2.61. The van der Waals surface area contributed by atoms with Crippen molar-refractivity contribution in [2.24, 2.45) is 5.73 Å². The summed E-state index contributed by atoms with van der Waals surface area (Å²) in [6, 6.07) is -0.490. The third kappa shape index (κ3) is 2.51. The van der Waals surface area contributed by atoms with E-state index in [0.29, 0.717) is 13.0 Å². The Morgan fingerprint density at radius 1 is 1.79 bits per heavy atom. The van der Waals surface area contributed by atoms with E-state index in [1.54, 1.807) is 7.11 Å². The van der Waals surface area contributed by atoms with Crippen LogP contribution in [-0.4, -0.2) is 34.9 Å². The largest absolute Gasteiger partial charge is 0.475 e. The van der Waals surface area contributed by atoms with E-state index < -0.39 is 12.0 Å². The minimum Gasteiger partial charge on any atom is -0.475 e. The summed E-state index contributed by atoms with van der Waals surface area (Å²) in [6.45, 7) is 0.450. The summed E-state index contributed by atoms with van der Waals surface area (Å²) < 4.78 is 9.46. The van der Waals surface area contributed by atoms with Crippen LogP contribution in [0.25, 0.3) is 0 Å². The number of carboxylic acid groups (broad SMARTS) is 1. The highest BCUT2D eigenvalue weighted by molar-refractivity contribution is 5.82. The lowest BCUT2D eigenvalue weighted by Gasteiger charge is -2.03. The monoisotopic (exact) mass is 201 g/mol. The average molecular weight is 201 g/mol. The number of carboxylic acids is 1. The van der Waals surface area contributed by atoms with Crippen LogP contribution in [0.2, 0.25) is 0 Å². The van der Waals surface area contributed by atoms with E-state index in [0.717, 1.165) is 0 Å². The fourth-order valence-electron chi connectivity index (χ4n) is 0.841. The first-order chi connectivity index (χ1) is 6.65. The van der Waals surface area contributed by atoms with Crippen molar-refractivity contribution < 1.29 is 19.2 Å². The highest BCUT2D eigenvalue weighted by atomic mass is 16.5. The van der Waals surface area contributed by atoms with Gasteiger partial charge in [-0.25, -0.2) is 4.79 Å². The highest BCUT2D eigenvalue weighted by Crippen LogP contribution is 2.11. The first-order valence-electron chi connectivity index (χ1n) is 3.96. The van der Waals surface area contributed by atoms with Crippen LogP contribution in [0.3, 0.4) is 0 Å². The molecule has 0 saturated heterocycles. The van der Waals surface area contributed by atoms with Gasteiger partial charge in [-0.3, -0.25) is 0 Å². The molecular formula is C7H11N3O4. The van der Waals surface area contributed by atoms with Gasteiger partial charge in [-0.05, 0) is 11.6 Å². The second-order valence-electron chi connectivity index (χ2n) is 2.65. The summed E-state index contributed by atoms with van der Waals surface area (Å²) in [5, 5.41) is 11.7. The van der Waals surface area contributed by atoms with E-state index in [-0.39, 0.29) is 11.7 Å². The molecule has 1 rings (SSSR count). The molecule has 0 fully saturated rings. The van der Waals surface area contributed by atoms with E-state index in [9.17, 15) is 4.79 Å². The fourth-order valence-corrected chi connectivity index (χ4v) is 0.841. The van der Waals surface area contributed by atoms with Crippen LogP contribution >= 0.6 is 0 Å². The molecule has 1 unspecified atom stereocenters.